The zero-order valence-electron chi connectivity index (χ0n) is 10.7. The highest BCUT2D eigenvalue weighted by molar-refractivity contribution is 5.77. The Morgan fingerprint density at radius 2 is 2.22 bits per heavy atom. The van der Waals surface area contributed by atoms with Crippen LogP contribution in [0, 0.1) is 0 Å². The lowest BCUT2D eigenvalue weighted by Crippen LogP contribution is -2.48. The van der Waals surface area contributed by atoms with Gasteiger partial charge in [-0.25, -0.2) is 9.78 Å². The summed E-state index contributed by atoms with van der Waals surface area (Å²) < 4.78 is 1.47. The van der Waals surface area contributed by atoms with E-state index in [9.17, 15) is 4.79 Å². The highest BCUT2D eigenvalue weighted by Gasteiger charge is 2.27. The number of carbonyl (C=O) groups is 1. The van der Waals surface area contributed by atoms with Gasteiger partial charge in [-0.1, -0.05) is 0 Å². The first-order valence-corrected chi connectivity index (χ1v) is 6.30. The van der Waals surface area contributed by atoms with E-state index in [2.05, 4.69) is 16.9 Å². The van der Waals surface area contributed by atoms with Gasteiger partial charge >= 0.3 is 6.03 Å². The minimum Gasteiger partial charge on any atom is -0.395 e. The number of hydrogen-bond donors (Lipinski definition) is 1. The minimum absolute atomic E-state index is 0.00717. The summed E-state index contributed by atoms with van der Waals surface area (Å²) in [6.45, 7) is 2.35. The summed E-state index contributed by atoms with van der Waals surface area (Å²) >= 11 is 0. The van der Waals surface area contributed by atoms with Crippen molar-refractivity contribution in [2.45, 2.75) is 18.9 Å². The van der Waals surface area contributed by atoms with Crippen LogP contribution in [0.3, 0.4) is 0 Å². The van der Waals surface area contributed by atoms with Crippen LogP contribution in [-0.4, -0.2) is 69.8 Å². The van der Waals surface area contributed by atoms with Gasteiger partial charge in [0.15, 0.2) is 0 Å². The number of imidazole rings is 1. The van der Waals surface area contributed by atoms with Crippen molar-refractivity contribution in [3.8, 4) is 0 Å². The lowest BCUT2D eigenvalue weighted by atomic mass is 10.0. The molecule has 1 aromatic heterocycles. The monoisotopic (exact) mass is 252 g/mol. The van der Waals surface area contributed by atoms with Crippen LogP contribution < -0.4 is 0 Å². The molecule has 2 rings (SSSR count). The molecule has 1 aromatic rings. The summed E-state index contributed by atoms with van der Waals surface area (Å²) in [6.07, 6.45) is 6.64. The molecule has 0 unspecified atom stereocenters. The Balaban J connectivity index is 2.05. The number of rotatable bonds is 3. The standard InChI is InChI=1S/C12H20N4O2/c1-14-5-2-11(3-6-14)16(8-9-17)12(18)15-7-4-13-10-15/h4,7,10-11,17H,2-3,5-6,8-9H2,1H3. The van der Waals surface area contributed by atoms with Crippen LogP contribution in [0.25, 0.3) is 0 Å². The molecule has 100 valence electrons. The first-order chi connectivity index (χ1) is 8.72. The van der Waals surface area contributed by atoms with Gasteiger partial charge in [0, 0.05) is 25.0 Å². The van der Waals surface area contributed by atoms with Crippen LogP contribution in [0.5, 0.6) is 0 Å². The van der Waals surface area contributed by atoms with Crippen molar-refractivity contribution < 1.29 is 9.90 Å². The lowest BCUT2D eigenvalue weighted by Gasteiger charge is -2.36. The van der Waals surface area contributed by atoms with E-state index in [0.717, 1.165) is 25.9 Å². The summed E-state index contributed by atoms with van der Waals surface area (Å²) in [5, 5.41) is 9.14. The van der Waals surface area contributed by atoms with Crippen molar-refractivity contribution >= 4 is 6.03 Å². The Morgan fingerprint density at radius 3 is 2.78 bits per heavy atom. The fraction of sp³-hybridized carbons (Fsp3) is 0.667. The first kappa shape index (κ1) is 13.0. The van der Waals surface area contributed by atoms with E-state index < -0.39 is 0 Å². The molecular weight excluding hydrogens is 232 g/mol. The van der Waals surface area contributed by atoms with Gasteiger partial charge in [0.25, 0.3) is 0 Å². The molecule has 6 nitrogen and oxygen atoms in total. The van der Waals surface area contributed by atoms with E-state index in [1.807, 2.05) is 0 Å². The van der Waals surface area contributed by atoms with Gasteiger partial charge < -0.3 is 14.9 Å². The Hall–Kier alpha value is -1.40. The van der Waals surface area contributed by atoms with Gasteiger partial charge in [-0.2, -0.15) is 0 Å². The van der Waals surface area contributed by atoms with Crippen LogP contribution >= 0.6 is 0 Å². The topological polar surface area (TPSA) is 61.6 Å². The minimum atomic E-state index is -0.101. The maximum absolute atomic E-state index is 12.3. The van der Waals surface area contributed by atoms with E-state index in [1.54, 1.807) is 17.3 Å². The number of likely N-dealkylation sites (tertiary alicyclic amines) is 1. The van der Waals surface area contributed by atoms with Crippen molar-refractivity contribution in [2.75, 3.05) is 33.3 Å². The lowest BCUT2D eigenvalue weighted by molar-refractivity contribution is 0.116. The third-order valence-electron chi connectivity index (χ3n) is 3.44. The fourth-order valence-corrected chi connectivity index (χ4v) is 2.37. The van der Waals surface area contributed by atoms with Gasteiger partial charge in [-0.05, 0) is 33.0 Å². The zero-order valence-corrected chi connectivity index (χ0v) is 10.7. The van der Waals surface area contributed by atoms with Crippen LogP contribution in [0.1, 0.15) is 12.8 Å². The second-order valence-corrected chi connectivity index (χ2v) is 4.70. The average Bonchev–Trinajstić information content (AvgIpc) is 2.90. The Labute approximate surface area is 107 Å². The SMILES string of the molecule is CN1CCC(N(CCO)C(=O)n2ccnc2)CC1. The van der Waals surface area contributed by atoms with Gasteiger partial charge in [0.1, 0.15) is 6.33 Å². The molecule has 18 heavy (non-hydrogen) atoms. The largest absolute Gasteiger partial charge is 0.395 e. The molecule has 1 fully saturated rings. The summed E-state index contributed by atoms with van der Waals surface area (Å²) in [6, 6.07) is 0.111. The number of aromatic nitrogens is 2. The molecule has 0 saturated carbocycles. The van der Waals surface area contributed by atoms with Crippen LogP contribution in [-0.2, 0) is 0 Å². The summed E-state index contributed by atoms with van der Waals surface area (Å²) in [5.74, 6) is 0. The Kier molecular flexibility index (Phi) is 4.33. The van der Waals surface area contributed by atoms with Gasteiger partial charge in [-0.3, -0.25) is 4.57 Å². The average molecular weight is 252 g/mol. The molecule has 0 aromatic carbocycles. The maximum Gasteiger partial charge on any atom is 0.329 e. The Bertz CT molecular complexity index is 371. The number of piperidine rings is 1. The predicted molar refractivity (Wildman–Crippen MR) is 67.3 cm³/mol. The quantitative estimate of drug-likeness (QED) is 0.837. The molecule has 0 bridgehead atoms. The van der Waals surface area contributed by atoms with E-state index in [4.69, 9.17) is 5.11 Å². The number of aliphatic hydroxyl groups is 1. The predicted octanol–water partition coefficient (Wildman–Crippen LogP) is 0.240. The molecule has 0 aliphatic carbocycles. The van der Waals surface area contributed by atoms with Crippen molar-refractivity contribution in [3.05, 3.63) is 18.7 Å². The molecule has 0 spiro atoms. The van der Waals surface area contributed by atoms with Gasteiger partial charge in [-0.15, -0.1) is 0 Å². The molecule has 1 aliphatic heterocycles. The molecule has 1 aliphatic rings. The summed E-state index contributed by atoms with van der Waals surface area (Å²) in [5.41, 5.74) is 0. The van der Waals surface area contributed by atoms with E-state index in [-0.39, 0.29) is 18.7 Å². The van der Waals surface area contributed by atoms with Crippen LogP contribution in [0.15, 0.2) is 18.7 Å². The van der Waals surface area contributed by atoms with E-state index >= 15 is 0 Å². The summed E-state index contributed by atoms with van der Waals surface area (Å²) in [7, 11) is 2.09. The molecule has 1 amide bonds. The second kappa shape index (κ2) is 5.97. The number of nitrogens with zero attached hydrogens (tertiary/aromatic N) is 4. The number of aliphatic hydroxyl groups excluding tert-OH is 1. The molecular formula is C12H20N4O2. The van der Waals surface area contributed by atoms with Crippen molar-refractivity contribution in [2.24, 2.45) is 0 Å². The fourth-order valence-electron chi connectivity index (χ4n) is 2.37. The number of hydrogen-bond acceptors (Lipinski definition) is 4. The highest BCUT2D eigenvalue weighted by atomic mass is 16.3. The van der Waals surface area contributed by atoms with E-state index in [1.165, 1.54) is 10.9 Å². The van der Waals surface area contributed by atoms with Crippen LogP contribution in [0.2, 0.25) is 0 Å². The first-order valence-electron chi connectivity index (χ1n) is 6.30. The van der Waals surface area contributed by atoms with E-state index in [0.29, 0.717) is 6.54 Å². The van der Waals surface area contributed by atoms with Crippen molar-refractivity contribution in [1.29, 1.82) is 0 Å². The summed E-state index contributed by atoms with van der Waals surface area (Å²) in [4.78, 5) is 20.2. The van der Waals surface area contributed by atoms with Crippen molar-refractivity contribution in [3.63, 3.8) is 0 Å². The molecule has 1 N–H and O–H groups in total. The molecule has 0 radical (unpaired) electrons. The third kappa shape index (κ3) is 2.88. The molecule has 6 heteroatoms. The van der Waals surface area contributed by atoms with Crippen molar-refractivity contribution in [1.82, 2.24) is 19.4 Å². The van der Waals surface area contributed by atoms with Crippen LogP contribution in [0.4, 0.5) is 4.79 Å². The maximum atomic E-state index is 12.3. The zero-order chi connectivity index (χ0) is 13.0. The highest BCUT2D eigenvalue weighted by Crippen LogP contribution is 2.16. The Morgan fingerprint density at radius 1 is 1.50 bits per heavy atom. The second-order valence-electron chi connectivity index (χ2n) is 4.70. The number of carbonyl (C=O) groups excluding carboxylic acids is 1. The normalized spacial score (nSPS) is 17.9. The number of amides is 1. The third-order valence-corrected chi connectivity index (χ3v) is 3.44. The van der Waals surface area contributed by atoms with Gasteiger partial charge in [0.2, 0.25) is 0 Å². The molecule has 1 saturated heterocycles. The molecule has 2 heterocycles. The molecule has 0 atom stereocenters. The smallest absolute Gasteiger partial charge is 0.329 e. The van der Waals surface area contributed by atoms with Gasteiger partial charge in [0.05, 0.1) is 6.61 Å².